The molecule has 4 heteroatoms. The molecule has 5 rings (SSSR count). The van der Waals surface area contributed by atoms with Crippen LogP contribution in [0.1, 0.15) is 30.7 Å². The van der Waals surface area contributed by atoms with Crippen molar-refractivity contribution in [3.63, 3.8) is 0 Å². The molecule has 1 atom stereocenters. The molecule has 1 unspecified atom stereocenters. The van der Waals surface area contributed by atoms with Crippen molar-refractivity contribution >= 4 is 5.57 Å². The Morgan fingerprint density at radius 1 is 0.853 bits per heavy atom. The number of ether oxygens (including phenoxy) is 2. The van der Waals surface area contributed by atoms with Crippen LogP contribution in [0.5, 0.6) is 11.5 Å². The Kier molecular flexibility index (Phi) is 6.48. The Bertz CT molecular complexity index is 1200. The van der Waals surface area contributed by atoms with E-state index in [0.29, 0.717) is 5.92 Å². The Morgan fingerprint density at radius 2 is 1.50 bits per heavy atom. The van der Waals surface area contributed by atoms with Gasteiger partial charge in [-0.05, 0) is 49.3 Å². The average Bonchev–Trinajstić information content (AvgIpc) is 3.35. The lowest BCUT2D eigenvalue weighted by Crippen LogP contribution is -2.11. The predicted molar refractivity (Wildman–Crippen MR) is 136 cm³/mol. The average molecular weight is 452 g/mol. The summed E-state index contributed by atoms with van der Waals surface area (Å²) in [5.74, 6) is 3.47. The van der Waals surface area contributed by atoms with Crippen LogP contribution in [0.15, 0.2) is 89.4 Å². The minimum absolute atomic E-state index is 0.316. The molecule has 0 saturated heterocycles. The van der Waals surface area contributed by atoms with Gasteiger partial charge >= 0.3 is 0 Å². The normalized spacial score (nSPS) is 15.6. The number of rotatable bonds is 7. The lowest BCUT2D eigenvalue weighted by Gasteiger charge is -2.23. The van der Waals surface area contributed by atoms with Crippen molar-refractivity contribution in [3.05, 3.63) is 96.4 Å². The molecule has 0 aliphatic heterocycles. The molecule has 0 spiro atoms. The van der Waals surface area contributed by atoms with Crippen LogP contribution in [0.2, 0.25) is 0 Å². The highest BCUT2D eigenvalue weighted by Crippen LogP contribution is 2.40. The first kappa shape index (κ1) is 22.0. The Balaban J connectivity index is 1.53. The van der Waals surface area contributed by atoms with E-state index in [9.17, 15) is 0 Å². The van der Waals surface area contributed by atoms with Gasteiger partial charge in [0.25, 0.3) is 0 Å². The van der Waals surface area contributed by atoms with Gasteiger partial charge in [-0.3, -0.25) is 0 Å². The standard InChI is InChI=1S/C30H29NO3/c1-32-25-18-21(19-26(20-25)33-2)17-24-15-9-10-16-27(24)30-31-28(22-11-5-3-6-12-22)29(34-30)23-13-7-4-8-14-23/h3-8,11-14,16,18-20,24H,9-10,15,17H2,1-2H3. The Hall–Kier alpha value is -3.79. The lowest BCUT2D eigenvalue weighted by atomic mass is 9.83. The van der Waals surface area contributed by atoms with Crippen molar-refractivity contribution < 1.29 is 13.9 Å². The summed E-state index contributed by atoms with van der Waals surface area (Å²) in [6, 6.07) is 26.6. The molecule has 4 aromatic rings. The van der Waals surface area contributed by atoms with E-state index in [1.807, 2.05) is 42.5 Å². The zero-order valence-corrected chi connectivity index (χ0v) is 19.7. The van der Waals surface area contributed by atoms with Crippen LogP contribution in [0.3, 0.4) is 0 Å². The van der Waals surface area contributed by atoms with E-state index >= 15 is 0 Å². The number of allylic oxidation sites excluding steroid dienone is 2. The van der Waals surface area contributed by atoms with Crippen LogP contribution in [0, 0.1) is 5.92 Å². The molecule has 34 heavy (non-hydrogen) atoms. The zero-order chi connectivity index (χ0) is 23.3. The van der Waals surface area contributed by atoms with E-state index in [1.165, 1.54) is 11.1 Å². The van der Waals surface area contributed by atoms with Gasteiger partial charge in [-0.15, -0.1) is 0 Å². The third-order valence-electron chi connectivity index (χ3n) is 6.41. The fraction of sp³-hybridized carbons (Fsp3) is 0.233. The summed E-state index contributed by atoms with van der Waals surface area (Å²) in [6.07, 6.45) is 6.48. The largest absolute Gasteiger partial charge is 0.497 e. The Morgan fingerprint density at radius 3 is 2.15 bits per heavy atom. The Labute approximate surface area is 200 Å². The molecule has 0 bridgehead atoms. The quantitative estimate of drug-likeness (QED) is 0.293. The maximum atomic E-state index is 6.52. The molecule has 1 aliphatic carbocycles. The van der Waals surface area contributed by atoms with Gasteiger partial charge in [0, 0.05) is 22.8 Å². The third kappa shape index (κ3) is 4.62. The van der Waals surface area contributed by atoms with E-state index in [1.54, 1.807) is 14.2 Å². The SMILES string of the molecule is COc1cc(CC2CCCC=C2c2nc(-c3ccccc3)c(-c3ccccc3)o2)cc(OC)c1. The summed E-state index contributed by atoms with van der Waals surface area (Å²) in [5, 5.41) is 0. The molecule has 1 aromatic heterocycles. The van der Waals surface area contributed by atoms with Crippen molar-refractivity contribution in [2.24, 2.45) is 5.92 Å². The number of oxazole rings is 1. The number of benzene rings is 3. The zero-order valence-electron chi connectivity index (χ0n) is 19.7. The number of nitrogens with zero attached hydrogens (tertiary/aromatic N) is 1. The number of methoxy groups -OCH3 is 2. The second kappa shape index (κ2) is 10.0. The van der Waals surface area contributed by atoms with Gasteiger partial charge in [-0.25, -0.2) is 4.98 Å². The van der Waals surface area contributed by atoms with Gasteiger partial charge in [0.15, 0.2) is 5.76 Å². The highest BCUT2D eigenvalue weighted by molar-refractivity contribution is 5.79. The van der Waals surface area contributed by atoms with Crippen molar-refractivity contribution in [1.82, 2.24) is 4.98 Å². The van der Waals surface area contributed by atoms with Crippen molar-refractivity contribution in [2.75, 3.05) is 14.2 Å². The second-order valence-electron chi connectivity index (χ2n) is 8.64. The summed E-state index contributed by atoms with van der Waals surface area (Å²) in [5.41, 5.74) is 5.35. The first-order valence-corrected chi connectivity index (χ1v) is 11.8. The van der Waals surface area contributed by atoms with Gasteiger partial charge in [-0.2, -0.15) is 0 Å². The lowest BCUT2D eigenvalue weighted by molar-refractivity contribution is 0.392. The molecule has 0 saturated carbocycles. The number of aromatic nitrogens is 1. The molecular weight excluding hydrogens is 422 g/mol. The minimum Gasteiger partial charge on any atom is -0.497 e. The van der Waals surface area contributed by atoms with Crippen LogP contribution < -0.4 is 9.47 Å². The number of hydrogen-bond acceptors (Lipinski definition) is 4. The molecule has 0 fully saturated rings. The molecule has 0 amide bonds. The second-order valence-corrected chi connectivity index (χ2v) is 8.64. The van der Waals surface area contributed by atoms with Gasteiger partial charge in [0.05, 0.1) is 14.2 Å². The smallest absolute Gasteiger partial charge is 0.223 e. The molecule has 0 N–H and O–H groups in total. The van der Waals surface area contributed by atoms with E-state index in [4.69, 9.17) is 18.9 Å². The molecule has 3 aromatic carbocycles. The first-order chi connectivity index (χ1) is 16.7. The van der Waals surface area contributed by atoms with Crippen molar-refractivity contribution in [2.45, 2.75) is 25.7 Å². The van der Waals surface area contributed by atoms with E-state index in [0.717, 1.165) is 65.7 Å². The number of hydrogen-bond donors (Lipinski definition) is 0. The fourth-order valence-corrected chi connectivity index (χ4v) is 4.71. The summed E-state index contributed by atoms with van der Waals surface area (Å²) in [4.78, 5) is 5.06. The summed E-state index contributed by atoms with van der Waals surface area (Å²) in [7, 11) is 3.38. The molecule has 1 aliphatic rings. The molecule has 1 heterocycles. The van der Waals surface area contributed by atoms with Gasteiger partial charge in [-0.1, -0.05) is 66.7 Å². The van der Waals surface area contributed by atoms with Crippen LogP contribution in [0.25, 0.3) is 28.2 Å². The van der Waals surface area contributed by atoms with Crippen molar-refractivity contribution in [3.8, 4) is 34.1 Å². The summed E-state index contributed by atoms with van der Waals surface area (Å²) < 4.78 is 17.5. The topological polar surface area (TPSA) is 44.5 Å². The molecular formula is C30H29NO3. The van der Waals surface area contributed by atoms with Crippen LogP contribution in [-0.2, 0) is 6.42 Å². The molecule has 172 valence electrons. The molecule has 4 nitrogen and oxygen atoms in total. The van der Waals surface area contributed by atoms with E-state index in [2.05, 4.69) is 42.5 Å². The fourth-order valence-electron chi connectivity index (χ4n) is 4.71. The summed E-state index contributed by atoms with van der Waals surface area (Å²) >= 11 is 0. The highest BCUT2D eigenvalue weighted by Gasteiger charge is 2.26. The minimum atomic E-state index is 0.316. The monoisotopic (exact) mass is 451 g/mol. The van der Waals surface area contributed by atoms with Gasteiger partial charge in [0.2, 0.25) is 5.89 Å². The highest BCUT2D eigenvalue weighted by atomic mass is 16.5. The van der Waals surface area contributed by atoms with Crippen molar-refractivity contribution in [1.29, 1.82) is 0 Å². The first-order valence-electron chi connectivity index (χ1n) is 11.8. The predicted octanol–water partition coefficient (Wildman–Crippen LogP) is 7.45. The maximum absolute atomic E-state index is 6.52. The van der Waals surface area contributed by atoms with E-state index in [-0.39, 0.29) is 0 Å². The van der Waals surface area contributed by atoms with Crippen LogP contribution in [-0.4, -0.2) is 19.2 Å². The van der Waals surface area contributed by atoms with Crippen LogP contribution in [0.4, 0.5) is 0 Å². The maximum Gasteiger partial charge on any atom is 0.223 e. The third-order valence-corrected chi connectivity index (χ3v) is 6.41. The van der Waals surface area contributed by atoms with Crippen LogP contribution >= 0.6 is 0 Å². The summed E-state index contributed by atoms with van der Waals surface area (Å²) in [6.45, 7) is 0. The van der Waals surface area contributed by atoms with E-state index < -0.39 is 0 Å². The van der Waals surface area contributed by atoms with Gasteiger partial charge in [0.1, 0.15) is 17.2 Å². The van der Waals surface area contributed by atoms with Gasteiger partial charge < -0.3 is 13.9 Å². The molecule has 0 radical (unpaired) electrons.